The minimum Gasteiger partial charge on any atom is -0.493 e. The lowest BCUT2D eigenvalue weighted by Gasteiger charge is -2.57. The molecule has 2 heterocycles. The smallest absolute Gasteiger partial charge is 0.307 e. The molecule has 2 aliphatic heterocycles. The predicted octanol–water partition coefficient (Wildman–Crippen LogP) is 6.66. The van der Waals surface area contributed by atoms with Crippen LogP contribution in [0.2, 0.25) is 0 Å². The van der Waals surface area contributed by atoms with Crippen LogP contribution >= 0.6 is 0 Å². The number of benzene rings is 3. The second kappa shape index (κ2) is 12.6. The molecule has 42 heavy (non-hydrogen) atoms. The van der Waals surface area contributed by atoms with Gasteiger partial charge in [0.25, 0.3) is 5.91 Å². The summed E-state index contributed by atoms with van der Waals surface area (Å²) in [6, 6.07) is 25.0. The highest BCUT2D eigenvalue weighted by Crippen LogP contribution is 2.50. The maximum Gasteiger partial charge on any atom is 0.307 e. The Kier molecular flexibility index (Phi) is 8.50. The van der Waals surface area contributed by atoms with Crippen LogP contribution in [-0.2, 0) is 24.2 Å². The van der Waals surface area contributed by atoms with Gasteiger partial charge in [-0.1, -0.05) is 49.4 Å². The summed E-state index contributed by atoms with van der Waals surface area (Å²) in [5, 5.41) is 13.0. The summed E-state index contributed by atoms with van der Waals surface area (Å²) in [7, 11) is 0. The first-order chi connectivity index (χ1) is 20.5. The molecular formula is C36H42N2O4. The Morgan fingerprint density at radius 3 is 2.19 bits per heavy atom. The molecule has 220 valence electrons. The third-order valence-corrected chi connectivity index (χ3v) is 9.48. The highest BCUT2D eigenvalue weighted by molar-refractivity contribution is 5.94. The number of piperidine rings is 2. The van der Waals surface area contributed by atoms with Crippen LogP contribution in [0.25, 0.3) is 0 Å². The Morgan fingerprint density at radius 1 is 0.881 bits per heavy atom. The zero-order valence-electron chi connectivity index (χ0n) is 24.5. The van der Waals surface area contributed by atoms with Gasteiger partial charge in [0, 0.05) is 35.4 Å². The van der Waals surface area contributed by atoms with Crippen molar-refractivity contribution in [1.82, 2.24) is 5.32 Å². The SMILES string of the molecule is CCCOc1ccc(C[C@@H](Cc2ccccc2)C(=O)O)cc1CNC(=O)c1ccc(N2C3CC4CC(C3)CC2C4)cc1. The number of carboxylic acids is 1. The molecule has 0 aromatic heterocycles. The van der Waals surface area contributed by atoms with E-state index in [-0.39, 0.29) is 5.91 Å². The molecule has 7 rings (SSSR count). The molecule has 2 saturated heterocycles. The van der Waals surface area contributed by atoms with Gasteiger partial charge in [0.15, 0.2) is 0 Å². The van der Waals surface area contributed by atoms with Crippen LogP contribution < -0.4 is 15.0 Å². The Balaban J connectivity index is 1.12. The van der Waals surface area contributed by atoms with Crippen LogP contribution in [0.5, 0.6) is 5.75 Å². The van der Waals surface area contributed by atoms with Crippen LogP contribution in [0.4, 0.5) is 5.69 Å². The number of carbonyl (C=O) groups is 2. The third kappa shape index (κ3) is 6.33. The number of nitrogens with zero attached hydrogens (tertiary/aromatic N) is 1. The summed E-state index contributed by atoms with van der Waals surface area (Å²) in [6.07, 6.45) is 8.44. The molecule has 0 spiro atoms. The quantitative estimate of drug-likeness (QED) is 0.256. The first-order valence-corrected chi connectivity index (χ1v) is 15.6. The fourth-order valence-corrected chi connectivity index (χ4v) is 7.70. The van der Waals surface area contributed by atoms with E-state index >= 15 is 0 Å². The minimum absolute atomic E-state index is 0.124. The molecule has 2 aliphatic carbocycles. The van der Waals surface area contributed by atoms with Crippen LogP contribution in [0.15, 0.2) is 72.8 Å². The molecule has 3 aromatic rings. The van der Waals surface area contributed by atoms with E-state index in [9.17, 15) is 14.7 Å². The molecule has 0 unspecified atom stereocenters. The summed E-state index contributed by atoms with van der Waals surface area (Å²) >= 11 is 0. The molecule has 4 bridgehead atoms. The number of ether oxygens (including phenoxy) is 1. The van der Waals surface area contributed by atoms with E-state index in [2.05, 4.69) is 29.3 Å². The van der Waals surface area contributed by atoms with Gasteiger partial charge in [0.2, 0.25) is 0 Å². The molecule has 4 aliphatic rings. The van der Waals surface area contributed by atoms with Crippen LogP contribution in [0.3, 0.4) is 0 Å². The first kappa shape index (κ1) is 28.3. The number of anilines is 1. The van der Waals surface area contributed by atoms with Gasteiger partial charge in [-0.25, -0.2) is 0 Å². The number of rotatable bonds is 12. The lowest BCUT2D eigenvalue weighted by Crippen LogP contribution is -2.58. The maximum absolute atomic E-state index is 13.2. The normalized spacial score (nSPS) is 23.0. The van der Waals surface area contributed by atoms with Crippen LogP contribution in [-0.4, -0.2) is 35.7 Å². The Labute approximate surface area is 249 Å². The van der Waals surface area contributed by atoms with Crippen molar-refractivity contribution in [3.63, 3.8) is 0 Å². The number of amides is 1. The van der Waals surface area contributed by atoms with Gasteiger partial charge in [-0.05, 0) is 105 Å². The standard InChI is InChI=1S/C36H42N2O4/c1-2-14-42-34-13-8-25(17-29(36(40)41)16-24-6-4-3-5-7-24)18-30(34)23-37-35(39)28-9-11-31(12-10-28)38-32-19-26-15-27(21-32)22-33(38)20-26/h3-13,18,26-27,29,32-33H,2,14-17,19-23H2,1H3,(H,37,39)(H,40,41)/t26?,27?,29-,32?,33?/m1/s1. The van der Waals surface area contributed by atoms with Crippen molar-refractivity contribution in [1.29, 1.82) is 0 Å². The van der Waals surface area contributed by atoms with Crippen LogP contribution in [0.1, 0.15) is 72.5 Å². The zero-order valence-corrected chi connectivity index (χ0v) is 24.5. The van der Waals surface area contributed by atoms with E-state index in [0.29, 0.717) is 43.6 Å². The van der Waals surface area contributed by atoms with Crippen molar-refractivity contribution in [3.05, 3.63) is 95.1 Å². The van der Waals surface area contributed by atoms with Crippen molar-refractivity contribution in [2.75, 3.05) is 11.5 Å². The number of hydrogen-bond donors (Lipinski definition) is 2. The molecule has 4 fully saturated rings. The number of hydrogen-bond acceptors (Lipinski definition) is 4. The fraction of sp³-hybridized carbons (Fsp3) is 0.444. The van der Waals surface area contributed by atoms with Crippen molar-refractivity contribution in [2.45, 2.75) is 76.9 Å². The lowest BCUT2D eigenvalue weighted by molar-refractivity contribution is -0.141. The summed E-state index contributed by atoms with van der Waals surface area (Å²) in [5.74, 6) is 1.08. The number of aliphatic carboxylic acids is 1. The molecule has 6 nitrogen and oxygen atoms in total. The second-order valence-electron chi connectivity index (χ2n) is 12.6. The van der Waals surface area contributed by atoms with Gasteiger partial charge >= 0.3 is 5.97 Å². The third-order valence-electron chi connectivity index (χ3n) is 9.48. The summed E-state index contributed by atoms with van der Waals surface area (Å²) in [4.78, 5) is 27.9. The molecule has 2 saturated carbocycles. The van der Waals surface area contributed by atoms with E-state index in [1.807, 2.05) is 60.7 Å². The fourth-order valence-electron chi connectivity index (χ4n) is 7.70. The molecule has 1 atom stereocenters. The Bertz CT molecular complexity index is 1360. The topological polar surface area (TPSA) is 78.9 Å². The first-order valence-electron chi connectivity index (χ1n) is 15.6. The molecule has 2 N–H and O–H groups in total. The minimum atomic E-state index is -0.812. The van der Waals surface area contributed by atoms with Crippen molar-refractivity contribution in [2.24, 2.45) is 17.8 Å². The summed E-state index contributed by atoms with van der Waals surface area (Å²) in [5.41, 5.74) is 4.66. The summed E-state index contributed by atoms with van der Waals surface area (Å²) < 4.78 is 5.98. The average molecular weight is 567 g/mol. The average Bonchev–Trinajstić information content (AvgIpc) is 2.99. The van der Waals surface area contributed by atoms with Gasteiger partial charge in [0.05, 0.1) is 12.5 Å². The molecule has 1 amide bonds. The largest absolute Gasteiger partial charge is 0.493 e. The van der Waals surface area contributed by atoms with E-state index in [1.165, 1.54) is 37.8 Å². The zero-order chi connectivity index (χ0) is 29.1. The van der Waals surface area contributed by atoms with Crippen molar-refractivity contribution < 1.29 is 19.4 Å². The molecule has 3 aromatic carbocycles. The van der Waals surface area contributed by atoms with Crippen LogP contribution in [0, 0.1) is 17.8 Å². The highest BCUT2D eigenvalue weighted by atomic mass is 16.5. The van der Waals surface area contributed by atoms with E-state index < -0.39 is 11.9 Å². The number of carbonyl (C=O) groups excluding carboxylic acids is 1. The number of carboxylic acid groups (broad SMARTS) is 1. The summed E-state index contributed by atoms with van der Waals surface area (Å²) in [6.45, 7) is 2.94. The Morgan fingerprint density at radius 2 is 1.55 bits per heavy atom. The van der Waals surface area contributed by atoms with Gasteiger partial charge in [-0.3, -0.25) is 9.59 Å². The van der Waals surface area contributed by atoms with E-state index in [4.69, 9.17) is 4.74 Å². The number of nitrogens with one attached hydrogen (secondary N) is 1. The van der Waals surface area contributed by atoms with Gasteiger partial charge in [-0.15, -0.1) is 0 Å². The predicted molar refractivity (Wildman–Crippen MR) is 165 cm³/mol. The van der Waals surface area contributed by atoms with Gasteiger partial charge < -0.3 is 20.1 Å². The van der Waals surface area contributed by atoms with Crippen molar-refractivity contribution >= 4 is 17.6 Å². The van der Waals surface area contributed by atoms with Gasteiger partial charge in [0.1, 0.15) is 5.75 Å². The highest BCUT2D eigenvalue weighted by Gasteiger charge is 2.46. The molecule has 6 heteroatoms. The van der Waals surface area contributed by atoms with Crippen molar-refractivity contribution in [3.8, 4) is 5.75 Å². The van der Waals surface area contributed by atoms with E-state index in [0.717, 1.165) is 40.7 Å². The monoisotopic (exact) mass is 566 g/mol. The molecule has 0 radical (unpaired) electrons. The molecular weight excluding hydrogens is 524 g/mol. The van der Waals surface area contributed by atoms with E-state index in [1.54, 1.807) is 0 Å². The van der Waals surface area contributed by atoms with Gasteiger partial charge in [-0.2, -0.15) is 0 Å². The lowest BCUT2D eigenvalue weighted by atomic mass is 9.63. The maximum atomic E-state index is 13.2. The second-order valence-corrected chi connectivity index (χ2v) is 12.6. The Hall–Kier alpha value is -3.80.